The van der Waals surface area contributed by atoms with Gasteiger partial charge in [-0.05, 0) is 77.6 Å². The highest BCUT2D eigenvalue weighted by Gasteiger charge is 2.42. The summed E-state index contributed by atoms with van der Waals surface area (Å²) in [6.45, 7) is 9.67. The standard InChI is InChI=1S/C30H51N5O6/c1-20(2)18-22-27(38)34(7)19-24(36)33(6)17-13-11-9-10-12-14-23(26(37)31-22)35(8)28(39)25(21-15-16-21)32-29(40)41-30(3,4)5/h10,12,20-23,25H,9,11,13-19H2,1-8H3,(H,31,37)(H,32,40)/b12-10+/t22-,23-,25-/m0/s1. The number of allylic oxidation sites excluding steroid dienone is 1. The molecule has 232 valence electrons. The molecule has 1 aliphatic carbocycles. The Kier molecular flexibility index (Phi) is 12.6. The predicted octanol–water partition coefficient (Wildman–Crippen LogP) is 2.69. The highest BCUT2D eigenvalue weighted by Crippen LogP contribution is 2.34. The molecule has 0 aromatic heterocycles. The summed E-state index contributed by atoms with van der Waals surface area (Å²) in [7, 11) is 4.86. The first-order valence-corrected chi connectivity index (χ1v) is 14.8. The van der Waals surface area contributed by atoms with Crippen LogP contribution in [0.3, 0.4) is 0 Å². The fourth-order valence-corrected chi connectivity index (χ4v) is 4.77. The van der Waals surface area contributed by atoms with Crippen LogP contribution in [0.5, 0.6) is 0 Å². The maximum Gasteiger partial charge on any atom is 0.408 e. The Balaban J connectivity index is 2.32. The van der Waals surface area contributed by atoms with Gasteiger partial charge in [-0.15, -0.1) is 0 Å². The van der Waals surface area contributed by atoms with Crippen LogP contribution in [-0.4, -0.2) is 102 Å². The Morgan fingerprint density at radius 3 is 2.34 bits per heavy atom. The van der Waals surface area contributed by atoms with Gasteiger partial charge in [0.1, 0.15) is 23.7 Å². The van der Waals surface area contributed by atoms with Gasteiger partial charge in [0.15, 0.2) is 0 Å². The van der Waals surface area contributed by atoms with Crippen LogP contribution in [-0.2, 0) is 23.9 Å². The molecule has 0 spiro atoms. The van der Waals surface area contributed by atoms with Crippen molar-refractivity contribution in [2.45, 2.75) is 103 Å². The minimum atomic E-state index is -0.895. The summed E-state index contributed by atoms with van der Waals surface area (Å²) in [5.74, 6) is -1.28. The van der Waals surface area contributed by atoms with E-state index < -0.39 is 35.7 Å². The van der Waals surface area contributed by atoms with E-state index in [0.29, 0.717) is 13.0 Å². The summed E-state index contributed by atoms with van der Waals surface area (Å²) in [6, 6.07) is -2.56. The van der Waals surface area contributed by atoms with E-state index >= 15 is 0 Å². The smallest absolute Gasteiger partial charge is 0.408 e. The lowest BCUT2D eigenvalue weighted by Gasteiger charge is -2.33. The van der Waals surface area contributed by atoms with Gasteiger partial charge in [-0.1, -0.05) is 26.0 Å². The summed E-state index contributed by atoms with van der Waals surface area (Å²) >= 11 is 0. The van der Waals surface area contributed by atoms with Gasteiger partial charge in [0.2, 0.25) is 23.6 Å². The van der Waals surface area contributed by atoms with Gasteiger partial charge in [0, 0.05) is 27.7 Å². The Morgan fingerprint density at radius 1 is 1.10 bits per heavy atom. The van der Waals surface area contributed by atoms with E-state index in [2.05, 4.69) is 10.6 Å². The van der Waals surface area contributed by atoms with Crippen molar-refractivity contribution in [3.63, 3.8) is 0 Å². The number of carbonyl (C=O) groups excluding carboxylic acids is 5. The number of hydrogen-bond acceptors (Lipinski definition) is 6. The highest BCUT2D eigenvalue weighted by atomic mass is 16.6. The van der Waals surface area contributed by atoms with Crippen LogP contribution in [0.1, 0.15) is 79.6 Å². The molecule has 0 unspecified atom stereocenters. The molecule has 0 aromatic rings. The number of nitrogens with zero attached hydrogens (tertiary/aromatic N) is 3. The third-order valence-corrected chi connectivity index (χ3v) is 7.29. The molecule has 1 aliphatic heterocycles. The molecule has 2 aliphatic rings. The molecule has 1 heterocycles. The number of carbonyl (C=O) groups is 5. The van der Waals surface area contributed by atoms with E-state index in [4.69, 9.17) is 4.74 Å². The molecule has 0 radical (unpaired) electrons. The predicted molar refractivity (Wildman–Crippen MR) is 157 cm³/mol. The topological polar surface area (TPSA) is 128 Å². The molecule has 41 heavy (non-hydrogen) atoms. The summed E-state index contributed by atoms with van der Waals surface area (Å²) in [6.07, 6.45) is 7.85. The molecule has 1 saturated carbocycles. The van der Waals surface area contributed by atoms with Crippen LogP contribution in [0.15, 0.2) is 12.2 Å². The number of alkyl carbamates (subject to hydrolysis) is 1. The molecule has 11 nitrogen and oxygen atoms in total. The highest BCUT2D eigenvalue weighted by molar-refractivity contribution is 5.95. The SMILES string of the molecule is CC(C)C[C@@H]1NC(=O)[C@@H](N(C)C(=O)[C@@H](NC(=O)OC(C)(C)C)C2CC2)C/C=C/CCCCN(C)C(=O)CN(C)C1=O. The Labute approximate surface area is 245 Å². The summed E-state index contributed by atoms with van der Waals surface area (Å²) < 4.78 is 5.38. The average molecular weight is 578 g/mol. The Bertz CT molecular complexity index is 971. The number of hydrogen-bond donors (Lipinski definition) is 2. The van der Waals surface area contributed by atoms with Crippen LogP contribution >= 0.6 is 0 Å². The molecule has 3 atom stereocenters. The van der Waals surface area contributed by atoms with Gasteiger partial charge in [-0.3, -0.25) is 19.2 Å². The Morgan fingerprint density at radius 2 is 1.76 bits per heavy atom. The van der Waals surface area contributed by atoms with Crippen LogP contribution in [0.2, 0.25) is 0 Å². The van der Waals surface area contributed by atoms with Crippen LogP contribution in [0.4, 0.5) is 4.79 Å². The first kappa shape index (κ1) is 34.1. The summed E-state index contributed by atoms with van der Waals surface area (Å²) in [4.78, 5) is 70.4. The summed E-state index contributed by atoms with van der Waals surface area (Å²) in [5.41, 5.74) is -0.716. The third kappa shape index (κ3) is 11.4. The first-order valence-electron chi connectivity index (χ1n) is 14.8. The lowest BCUT2D eigenvalue weighted by Crippen LogP contribution is -2.58. The van der Waals surface area contributed by atoms with Crippen LogP contribution in [0, 0.1) is 11.8 Å². The average Bonchev–Trinajstić information content (AvgIpc) is 3.70. The van der Waals surface area contributed by atoms with Crippen molar-refractivity contribution in [2.24, 2.45) is 11.8 Å². The maximum atomic E-state index is 13.7. The van der Waals surface area contributed by atoms with E-state index in [9.17, 15) is 24.0 Å². The number of ether oxygens (including phenoxy) is 1. The zero-order valence-electron chi connectivity index (χ0n) is 26.2. The molecule has 0 saturated heterocycles. The Hall–Kier alpha value is -3.11. The van der Waals surface area contributed by atoms with E-state index in [1.807, 2.05) is 26.0 Å². The fourth-order valence-electron chi connectivity index (χ4n) is 4.77. The van der Waals surface area contributed by atoms with Crippen molar-refractivity contribution in [1.29, 1.82) is 0 Å². The van der Waals surface area contributed by atoms with Crippen molar-refractivity contribution >= 4 is 29.7 Å². The van der Waals surface area contributed by atoms with E-state index in [1.54, 1.807) is 46.8 Å². The lowest BCUT2D eigenvalue weighted by atomic mass is 10.0. The van der Waals surface area contributed by atoms with Crippen molar-refractivity contribution in [2.75, 3.05) is 34.2 Å². The van der Waals surface area contributed by atoms with Gasteiger partial charge in [-0.25, -0.2) is 4.79 Å². The zero-order chi connectivity index (χ0) is 30.9. The van der Waals surface area contributed by atoms with E-state index in [-0.39, 0.29) is 42.5 Å². The quantitative estimate of drug-likeness (QED) is 0.467. The molecule has 1 fully saturated rings. The third-order valence-electron chi connectivity index (χ3n) is 7.29. The zero-order valence-corrected chi connectivity index (χ0v) is 26.2. The molecule has 2 N–H and O–H groups in total. The van der Waals surface area contributed by atoms with Gasteiger partial charge in [-0.2, -0.15) is 0 Å². The molecule has 0 bridgehead atoms. The minimum Gasteiger partial charge on any atom is -0.444 e. The van der Waals surface area contributed by atoms with Crippen molar-refractivity contribution in [1.82, 2.24) is 25.3 Å². The molecule has 11 heteroatoms. The van der Waals surface area contributed by atoms with Crippen molar-refractivity contribution in [3.8, 4) is 0 Å². The van der Waals surface area contributed by atoms with E-state index in [0.717, 1.165) is 32.1 Å². The van der Waals surface area contributed by atoms with Gasteiger partial charge in [0.25, 0.3) is 0 Å². The normalized spacial score (nSPS) is 23.6. The lowest BCUT2D eigenvalue weighted by molar-refractivity contribution is -0.144. The summed E-state index contributed by atoms with van der Waals surface area (Å²) in [5, 5.41) is 5.61. The fraction of sp³-hybridized carbons (Fsp3) is 0.767. The van der Waals surface area contributed by atoms with E-state index in [1.165, 1.54) is 9.80 Å². The number of rotatable bonds is 6. The second-order valence-corrected chi connectivity index (χ2v) is 12.8. The monoisotopic (exact) mass is 577 g/mol. The van der Waals surface area contributed by atoms with Gasteiger partial charge in [0.05, 0.1) is 6.54 Å². The van der Waals surface area contributed by atoms with Crippen molar-refractivity contribution in [3.05, 3.63) is 12.2 Å². The largest absolute Gasteiger partial charge is 0.444 e. The molecule has 2 rings (SSSR count). The molecule has 5 amide bonds. The second-order valence-electron chi connectivity index (χ2n) is 12.8. The van der Waals surface area contributed by atoms with Crippen molar-refractivity contribution < 1.29 is 28.7 Å². The molecular weight excluding hydrogens is 526 g/mol. The number of likely N-dealkylation sites (N-methyl/N-ethyl adjacent to an activating group) is 3. The van der Waals surface area contributed by atoms with Crippen LogP contribution < -0.4 is 10.6 Å². The van der Waals surface area contributed by atoms with Gasteiger partial charge >= 0.3 is 6.09 Å². The maximum absolute atomic E-state index is 13.7. The minimum absolute atomic E-state index is 0.0261. The second kappa shape index (κ2) is 15.2. The van der Waals surface area contributed by atoms with Crippen LogP contribution in [0.25, 0.3) is 0 Å². The van der Waals surface area contributed by atoms with Gasteiger partial charge < -0.3 is 30.1 Å². The number of nitrogens with one attached hydrogen (secondary N) is 2. The number of amides is 5. The molecular formula is C30H51N5O6. The first-order chi connectivity index (χ1) is 19.1. The molecule has 0 aromatic carbocycles.